The van der Waals surface area contributed by atoms with Crippen molar-refractivity contribution in [1.29, 1.82) is 0 Å². The molecule has 0 aliphatic rings. The third-order valence-electron chi connectivity index (χ3n) is 7.37. The van der Waals surface area contributed by atoms with Crippen molar-refractivity contribution in [2.45, 2.75) is 19.4 Å². The van der Waals surface area contributed by atoms with E-state index in [9.17, 15) is 19.1 Å². The first kappa shape index (κ1) is 26.8. The summed E-state index contributed by atoms with van der Waals surface area (Å²) in [6, 6.07) is 25.8. The number of amides is 1. The summed E-state index contributed by atoms with van der Waals surface area (Å²) >= 11 is 0. The summed E-state index contributed by atoms with van der Waals surface area (Å²) in [7, 11) is 0. The number of aromatic carboxylic acids is 1. The number of benzene rings is 5. The topological polar surface area (TPSA) is 92.4 Å². The summed E-state index contributed by atoms with van der Waals surface area (Å²) in [6.45, 7) is 1.79. The van der Waals surface area contributed by atoms with Crippen molar-refractivity contribution in [2.75, 3.05) is 0 Å². The normalized spacial score (nSPS) is 12.0. The number of carbonyl (C=O) groups excluding carboxylic acids is 1. The quantitative estimate of drug-likeness (QED) is 0.208. The van der Waals surface area contributed by atoms with Crippen LogP contribution in [0.5, 0.6) is 0 Å². The van der Waals surface area contributed by atoms with Crippen LogP contribution in [0.15, 0.2) is 102 Å². The summed E-state index contributed by atoms with van der Waals surface area (Å²) in [5.41, 5.74) is 3.53. The molecule has 0 bridgehead atoms. The molecular weight excluding hydrogens is 538 g/mol. The van der Waals surface area contributed by atoms with Crippen LogP contribution >= 0.6 is 0 Å². The number of rotatable bonds is 7. The zero-order chi connectivity index (χ0) is 29.4. The lowest BCUT2D eigenvalue weighted by Crippen LogP contribution is -2.27. The molecule has 0 saturated carbocycles. The highest BCUT2D eigenvalue weighted by Crippen LogP contribution is 2.33. The number of aromatic nitrogens is 1. The van der Waals surface area contributed by atoms with Crippen molar-refractivity contribution in [2.24, 2.45) is 0 Å². The zero-order valence-electron chi connectivity index (χ0n) is 22.4. The van der Waals surface area contributed by atoms with Crippen molar-refractivity contribution in [1.82, 2.24) is 10.5 Å². The maximum atomic E-state index is 15.5. The summed E-state index contributed by atoms with van der Waals surface area (Å²) in [5, 5.41) is 18.1. The van der Waals surface area contributed by atoms with Gasteiger partial charge in [0.05, 0.1) is 28.2 Å². The second-order valence-electron chi connectivity index (χ2n) is 10.1. The Balaban J connectivity index is 1.41. The van der Waals surface area contributed by atoms with E-state index in [-0.39, 0.29) is 29.2 Å². The lowest BCUT2D eigenvalue weighted by molar-refractivity contribution is 0.0696. The van der Waals surface area contributed by atoms with Crippen LogP contribution in [0, 0.1) is 11.6 Å². The van der Waals surface area contributed by atoms with Gasteiger partial charge in [0.2, 0.25) is 0 Å². The average Bonchev–Trinajstić information content (AvgIpc) is 3.41. The van der Waals surface area contributed by atoms with E-state index in [1.807, 2.05) is 18.2 Å². The Hall–Kier alpha value is -5.37. The number of hydrogen-bond donors (Lipinski definition) is 2. The molecule has 42 heavy (non-hydrogen) atoms. The number of hydrogen-bond acceptors (Lipinski definition) is 4. The molecule has 2 N–H and O–H groups in total. The maximum Gasteiger partial charge on any atom is 0.335 e. The Morgan fingerprint density at radius 3 is 2.38 bits per heavy atom. The zero-order valence-corrected chi connectivity index (χ0v) is 22.4. The SMILES string of the molecule is C[C@H](NC(=O)c1cc(-c2ccc(F)cc2)cc2onc(Cc3ccc4ccccc4c3F)c12)c1ccc(C(=O)O)cc1. The minimum atomic E-state index is -1.04. The van der Waals surface area contributed by atoms with E-state index in [2.05, 4.69) is 10.5 Å². The maximum absolute atomic E-state index is 15.5. The van der Waals surface area contributed by atoms with E-state index in [1.165, 1.54) is 24.3 Å². The standard InChI is InChI=1S/C34H24F2N2O4/c1-19(20-6-9-23(10-7-20)34(40)41)37-33(39)28-16-25(21-12-14-26(35)15-13-21)18-30-31(28)29(38-42-30)17-24-11-8-22-4-2-3-5-27(22)32(24)36/h2-16,18-19H,17H2,1H3,(H,37,39)(H,40,41)/t19-/m0/s1. The number of carboxylic acid groups (broad SMARTS) is 1. The number of nitrogens with one attached hydrogen (secondary N) is 1. The van der Waals surface area contributed by atoms with Gasteiger partial charge < -0.3 is 14.9 Å². The predicted molar refractivity (Wildman–Crippen MR) is 155 cm³/mol. The van der Waals surface area contributed by atoms with Gasteiger partial charge in [-0.25, -0.2) is 13.6 Å². The minimum absolute atomic E-state index is 0.0893. The fourth-order valence-electron chi connectivity index (χ4n) is 5.11. The molecule has 1 aromatic heterocycles. The Bertz CT molecular complexity index is 1970. The van der Waals surface area contributed by atoms with Gasteiger partial charge in [0.1, 0.15) is 11.6 Å². The molecule has 0 radical (unpaired) electrons. The second kappa shape index (κ2) is 10.9. The molecule has 1 amide bonds. The van der Waals surface area contributed by atoms with Gasteiger partial charge in [-0.3, -0.25) is 4.79 Å². The number of fused-ring (bicyclic) bond motifs is 2. The van der Waals surface area contributed by atoms with E-state index in [1.54, 1.807) is 61.5 Å². The molecule has 0 aliphatic heterocycles. The molecule has 1 atom stereocenters. The van der Waals surface area contributed by atoms with Gasteiger partial charge in [-0.1, -0.05) is 65.8 Å². The smallest absolute Gasteiger partial charge is 0.335 e. The van der Waals surface area contributed by atoms with Crippen LogP contribution < -0.4 is 5.32 Å². The molecular formula is C34H24F2N2O4. The van der Waals surface area contributed by atoms with Gasteiger partial charge >= 0.3 is 5.97 Å². The number of halogens is 2. The van der Waals surface area contributed by atoms with Crippen LogP contribution in [0.3, 0.4) is 0 Å². The van der Waals surface area contributed by atoms with E-state index in [0.717, 1.165) is 5.39 Å². The third kappa shape index (κ3) is 5.10. The van der Waals surface area contributed by atoms with Crippen molar-refractivity contribution < 1.29 is 28.0 Å². The monoisotopic (exact) mass is 562 g/mol. The van der Waals surface area contributed by atoms with Crippen LogP contribution in [-0.4, -0.2) is 22.1 Å². The lowest BCUT2D eigenvalue weighted by atomic mass is 9.96. The highest BCUT2D eigenvalue weighted by atomic mass is 19.1. The largest absolute Gasteiger partial charge is 0.478 e. The summed E-state index contributed by atoms with van der Waals surface area (Å²) in [5.74, 6) is -2.22. The van der Waals surface area contributed by atoms with Gasteiger partial charge in [0.25, 0.3) is 5.91 Å². The fourth-order valence-corrected chi connectivity index (χ4v) is 5.11. The van der Waals surface area contributed by atoms with Crippen molar-refractivity contribution in [3.8, 4) is 11.1 Å². The van der Waals surface area contributed by atoms with E-state index < -0.39 is 17.9 Å². The molecule has 6 rings (SSSR count). The Morgan fingerprint density at radius 2 is 1.64 bits per heavy atom. The van der Waals surface area contributed by atoms with Crippen LogP contribution in [0.25, 0.3) is 32.9 Å². The molecule has 0 spiro atoms. The van der Waals surface area contributed by atoms with Crippen molar-refractivity contribution in [3.63, 3.8) is 0 Å². The molecule has 1 heterocycles. The van der Waals surface area contributed by atoms with Gasteiger partial charge in [0.15, 0.2) is 5.58 Å². The molecule has 0 unspecified atom stereocenters. The molecule has 5 aromatic carbocycles. The Morgan fingerprint density at radius 1 is 0.905 bits per heavy atom. The fraction of sp³-hybridized carbons (Fsp3) is 0.0882. The van der Waals surface area contributed by atoms with E-state index >= 15 is 4.39 Å². The molecule has 208 valence electrons. The average molecular weight is 563 g/mol. The van der Waals surface area contributed by atoms with Crippen LogP contribution in [0.4, 0.5) is 8.78 Å². The molecule has 0 aliphatic carbocycles. The highest BCUT2D eigenvalue weighted by Gasteiger charge is 2.23. The molecule has 6 aromatic rings. The molecule has 0 fully saturated rings. The van der Waals surface area contributed by atoms with E-state index in [4.69, 9.17) is 4.52 Å². The van der Waals surface area contributed by atoms with Gasteiger partial charge in [-0.05, 0) is 71.0 Å². The van der Waals surface area contributed by atoms with Gasteiger partial charge in [-0.15, -0.1) is 0 Å². The van der Waals surface area contributed by atoms with Crippen LogP contribution in [0.1, 0.15) is 50.5 Å². The molecule has 6 nitrogen and oxygen atoms in total. The van der Waals surface area contributed by atoms with Crippen molar-refractivity contribution >= 4 is 33.6 Å². The second-order valence-corrected chi connectivity index (χ2v) is 10.1. The molecule has 8 heteroatoms. The lowest BCUT2D eigenvalue weighted by Gasteiger charge is -2.16. The van der Waals surface area contributed by atoms with Crippen LogP contribution in [-0.2, 0) is 6.42 Å². The van der Waals surface area contributed by atoms with Crippen molar-refractivity contribution in [3.05, 3.63) is 137 Å². The first-order chi connectivity index (χ1) is 20.3. The summed E-state index contributed by atoms with van der Waals surface area (Å²) < 4.78 is 34.8. The molecule has 0 saturated heterocycles. The number of nitrogens with zero attached hydrogens (tertiary/aromatic N) is 1. The Kier molecular flexibility index (Phi) is 6.96. The Labute approximate surface area is 239 Å². The summed E-state index contributed by atoms with van der Waals surface area (Å²) in [6.07, 6.45) is 0.0893. The number of carboxylic acids is 1. The summed E-state index contributed by atoms with van der Waals surface area (Å²) in [4.78, 5) is 25.0. The van der Waals surface area contributed by atoms with Crippen LogP contribution in [0.2, 0.25) is 0 Å². The van der Waals surface area contributed by atoms with Gasteiger partial charge in [0, 0.05) is 11.8 Å². The first-order valence-corrected chi connectivity index (χ1v) is 13.3. The van der Waals surface area contributed by atoms with Gasteiger partial charge in [-0.2, -0.15) is 0 Å². The van der Waals surface area contributed by atoms with E-state index in [0.29, 0.717) is 44.3 Å². The highest BCUT2D eigenvalue weighted by molar-refractivity contribution is 6.08. The minimum Gasteiger partial charge on any atom is -0.478 e. The predicted octanol–water partition coefficient (Wildman–Crippen LogP) is 7.71. The third-order valence-corrected chi connectivity index (χ3v) is 7.37. The first-order valence-electron chi connectivity index (χ1n) is 13.3. The number of carbonyl (C=O) groups is 2.